The number of carboxylic acid groups (broad SMARTS) is 1. The third-order valence-electron chi connectivity index (χ3n) is 5.34. The lowest BCUT2D eigenvalue weighted by Crippen LogP contribution is -2.39. The van der Waals surface area contributed by atoms with E-state index in [1.807, 2.05) is 0 Å². The molecule has 2 N–H and O–H groups in total. The van der Waals surface area contributed by atoms with Gasteiger partial charge in [-0.3, -0.25) is 4.79 Å². The van der Waals surface area contributed by atoms with Crippen molar-refractivity contribution in [1.29, 1.82) is 0 Å². The highest BCUT2D eigenvalue weighted by atomic mass is 19.1. The Kier molecular flexibility index (Phi) is 6.49. The lowest BCUT2D eigenvalue weighted by atomic mass is 9.90. The fourth-order valence-corrected chi connectivity index (χ4v) is 3.67. The van der Waals surface area contributed by atoms with Crippen molar-refractivity contribution in [3.05, 3.63) is 65.0 Å². The highest BCUT2D eigenvalue weighted by molar-refractivity contribution is 5.97. The van der Waals surface area contributed by atoms with Crippen LogP contribution in [0.15, 0.2) is 42.5 Å². The summed E-state index contributed by atoms with van der Waals surface area (Å²) in [6.07, 6.45) is 0.784. The van der Waals surface area contributed by atoms with Crippen molar-refractivity contribution in [2.45, 2.75) is 25.4 Å². The first-order chi connectivity index (χ1) is 13.9. The van der Waals surface area contributed by atoms with E-state index in [1.54, 1.807) is 17.0 Å². The van der Waals surface area contributed by atoms with Gasteiger partial charge in [-0.15, -0.1) is 0 Å². The summed E-state index contributed by atoms with van der Waals surface area (Å²) in [7, 11) is 1.44. The third kappa shape index (κ3) is 4.92. The van der Waals surface area contributed by atoms with Crippen molar-refractivity contribution in [2.75, 3.05) is 20.2 Å². The largest absolute Gasteiger partial charge is 0.496 e. The van der Waals surface area contributed by atoms with Gasteiger partial charge in [0, 0.05) is 13.1 Å². The van der Waals surface area contributed by atoms with Crippen LogP contribution in [0, 0.1) is 11.7 Å². The smallest absolute Gasteiger partial charge is 0.337 e. The average molecular weight is 401 g/mol. The van der Waals surface area contributed by atoms with E-state index in [2.05, 4.69) is 0 Å². The fourth-order valence-electron chi connectivity index (χ4n) is 3.67. The summed E-state index contributed by atoms with van der Waals surface area (Å²) in [5.74, 6) is -1.13. The second-order valence-electron chi connectivity index (χ2n) is 7.27. The Bertz CT molecular complexity index is 875. The number of halogens is 1. The van der Waals surface area contributed by atoms with Crippen LogP contribution in [0.25, 0.3) is 0 Å². The Morgan fingerprint density at radius 3 is 2.41 bits per heavy atom. The molecule has 1 fully saturated rings. The minimum atomic E-state index is -1.70. The lowest BCUT2D eigenvalue weighted by Gasteiger charge is -2.32. The second-order valence-corrected chi connectivity index (χ2v) is 7.27. The zero-order valence-corrected chi connectivity index (χ0v) is 16.2. The molecule has 1 unspecified atom stereocenters. The molecule has 0 aliphatic carbocycles. The number of amides is 1. The predicted octanol–water partition coefficient (Wildman–Crippen LogP) is 3.05. The molecule has 2 aromatic rings. The molecular weight excluding hydrogens is 377 g/mol. The summed E-state index contributed by atoms with van der Waals surface area (Å²) in [6, 6.07) is 10.8. The third-order valence-corrected chi connectivity index (χ3v) is 5.34. The molecule has 2 aromatic carbocycles. The molecule has 29 heavy (non-hydrogen) atoms. The standard InChI is InChI=1S/C22H24FNO5/c1-29-19-7-4-16(20(25)22(27)28)13-18(19)21(26)24-10-8-15(9-11-24)12-14-2-5-17(23)6-3-14/h2-7,13,15,20,25H,8-12H2,1H3,(H,27,28). The molecule has 0 radical (unpaired) electrons. The Balaban J connectivity index is 1.67. The molecule has 0 spiro atoms. The monoisotopic (exact) mass is 401 g/mol. The van der Waals surface area contributed by atoms with Gasteiger partial charge in [0.15, 0.2) is 6.10 Å². The molecule has 1 aliphatic rings. The fraction of sp³-hybridized carbons (Fsp3) is 0.364. The number of carboxylic acids is 1. The molecule has 3 rings (SSSR count). The van der Waals surface area contributed by atoms with Crippen molar-refractivity contribution >= 4 is 11.9 Å². The van der Waals surface area contributed by atoms with Gasteiger partial charge < -0.3 is 19.8 Å². The first-order valence-electron chi connectivity index (χ1n) is 9.51. The zero-order chi connectivity index (χ0) is 21.0. The molecule has 1 aliphatic heterocycles. The van der Waals surface area contributed by atoms with Crippen molar-refractivity contribution in [3.8, 4) is 5.75 Å². The number of aliphatic carboxylic acids is 1. The SMILES string of the molecule is COc1ccc(C(O)C(=O)O)cc1C(=O)N1CCC(Cc2ccc(F)cc2)CC1. The molecule has 6 nitrogen and oxygen atoms in total. The van der Waals surface area contributed by atoms with Gasteiger partial charge in [0.25, 0.3) is 5.91 Å². The van der Waals surface area contributed by atoms with E-state index in [1.165, 1.54) is 37.4 Å². The molecular formula is C22H24FNO5. The summed E-state index contributed by atoms with van der Waals surface area (Å²) in [5, 5.41) is 18.8. The number of aliphatic hydroxyl groups is 1. The van der Waals surface area contributed by atoms with Crippen molar-refractivity contribution in [2.24, 2.45) is 5.92 Å². The second kappa shape index (κ2) is 9.05. The zero-order valence-electron chi connectivity index (χ0n) is 16.2. The van der Waals surface area contributed by atoms with Crippen LogP contribution >= 0.6 is 0 Å². The van der Waals surface area contributed by atoms with E-state index in [0.717, 1.165) is 24.8 Å². The number of ether oxygens (including phenoxy) is 1. The maximum absolute atomic E-state index is 13.0. The first-order valence-corrected chi connectivity index (χ1v) is 9.51. The Hall–Kier alpha value is -2.93. The number of carbonyl (C=O) groups excluding carboxylic acids is 1. The lowest BCUT2D eigenvalue weighted by molar-refractivity contribution is -0.146. The molecule has 1 heterocycles. The number of benzene rings is 2. The molecule has 0 aromatic heterocycles. The van der Waals surface area contributed by atoms with E-state index in [4.69, 9.17) is 9.84 Å². The maximum atomic E-state index is 13.0. The van der Waals surface area contributed by atoms with Gasteiger partial charge in [0.1, 0.15) is 11.6 Å². The Labute approximate surface area is 168 Å². The summed E-state index contributed by atoms with van der Waals surface area (Å²) in [5.41, 5.74) is 1.45. The molecule has 154 valence electrons. The van der Waals surface area contributed by atoms with Gasteiger partial charge in [-0.05, 0) is 60.6 Å². The number of nitrogens with zero attached hydrogens (tertiary/aromatic N) is 1. The number of piperidine rings is 1. The van der Waals surface area contributed by atoms with E-state index < -0.39 is 12.1 Å². The number of likely N-dealkylation sites (tertiary alicyclic amines) is 1. The van der Waals surface area contributed by atoms with E-state index in [0.29, 0.717) is 24.8 Å². The summed E-state index contributed by atoms with van der Waals surface area (Å²) >= 11 is 0. The molecule has 1 saturated heterocycles. The number of aliphatic hydroxyl groups excluding tert-OH is 1. The summed E-state index contributed by atoms with van der Waals surface area (Å²) < 4.78 is 18.3. The summed E-state index contributed by atoms with van der Waals surface area (Å²) in [4.78, 5) is 25.8. The van der Waals surface area contributed by atoms with Gasteiger partial charge >= 0.3 is 5.97 Å². The van der Waals surface area contributed by atoms with Crippen LogP contribution in [-0.2, 0) is 11.2 Å². The first kappa shape index (κ1) is 20.8. The van der Waals surface area contributed by atoms with Crippen LogP contribution in [0.3, 0.4) is 0 Å². The van der Waals surface area contributed by atoms with Gasteiger partial charge in [0.2, 0.25) is 0 Å². The van der Waals surface area contributed by atoms with E-state index >= 15 is 0 Å². The summed E-state index contributed by atoms with van der Waals surface area (Å²) in [6.45, 7) is 1.14. The topological polar surface area (TPSA) is 87.1 Å². The van der Waals surface area contributed by atoms with Crippen molar-refractivity contribution in [1.82, 2.24) is 4.90 Å². The van der Waals surface area contributed by atoms with Gasteiger partial charge in [-0.1, -0.05) is 18.2 Å². The maximum Gasteiger partial charge on any atom is 0.337 e. The van der Waals surface area contributed by atoms with Crippen LogP contribution in [0.5, 0.6) is 5.75 Å². The van der Waals surface area contributed by atoms with Crippen LogP contribution in [0.4, 0.5) is 4.39 Å². The minimum Gasteiger partial charge on any atom is -0.496 e. The number of methoxy groups -OCH3 is 1. The molecule has 1 atom stereocenters. The Morgan fingerprint density at radius 1 is 1.17 bits per heavy atom. The Morgan fingerprint density at radius 2 is 1.83 bits per heavy atom. The quantitative estimate of drug-likeness (QED) is 0.777. The molecule has 0 saturated carbocycles. The predicted molar refractivity (Wildman–Crippen MR) is 104 cm³/mol. The highest BCUT2D eigenvalue weighted by Crippen LogP contribution is 2.28. The van der Waals surface area contributed by atoms with E-state index in [-0.39, 0.29) is 22.9 Å². The number of hydrogen-bond donors (Lipinski definition) is 2. The van der Waals surface area contributed by atoms with Crippen LogP contribution in [0.2, 0.25) is 0 Å². The molecule has 0 bridgehead atoms. The van der Waals surface area contributed by atoms with Gasteiger partial charge in [-0.2, -0.15) is 0 Å². The number of hydrogen-bond acceptors (Lipinski definition) is 4. The van der Waals surface area contributed by atoms with E-state index in [9.17, 15) is 19.1 Å². The molecule has 1 amide bonds. The van der Waals surface area contributed by atoms with Gasteiger partial charge in [0.05, 0.1) is 12.7 Å². The minimum absolute atomic E-state index is 0.132. The van der Waals surface area contributed by atoms with Crippen LogP contribution in [-0.4, -0.2) is 47.2 Å². The van der Waals surface area contributed by atoms with Crippen molar-refractivity contribution < 1.29 is 28.9 Å². The highest BCUT2D eigenvalue weighted by Gasteiger charge is 2.27. The molecule has 7 heteroatoms. The van der Waals surface area contributed by atoms with Gasteiger partial charge in [-0.25, -0.2) is 9.18 Å². The van der Waals surface area contributed by atoms with Crippen LogP contribution in [0.1, 0.15) is 40.4 Å². The van der Waals surface area contributed by atoms with Crippen molar-refractivity contribution in [3.63, 3.8) is 0 Å². The number of rotatable bonds is 6. The van der Waals surface area contributed by atoms with Crippen LogP contribution < -0.4 is 4.74 Å². The number of carbonyl (C=O) groups is 2. The average Bonchev–Trinajstić information content (AvgIpc) is 2.74. The normalized spacial score (nSPS) is 15.8.